The summed E-state index contributed by atoms with van der Waals surface area (Å²) in [5.74, 6) is 0.494. The molecule has 0 bridgehead atoms. The molecule has 0 aliphatic heterocycles. The Bertz CT molecular complexity index is 760. The third kappa shape index (κ3) is 6.10. The standard InChI is InChI=1S/C21H25BrN2O3/c1-4-23-21(26)15(2)24(14-17-5-9-18(22)10-6-17)20(25)13-16-7-11-19(27-3)12-8-16/h5-12,15H,4,13-14H2,1-3H3,(H,23,26)/t15-/m1/s1. The van der Waals surface area contributed by atoms with Crippen LogP contribution in [0.2, 0.25) is 0 Å². The van der Waals surface area contributed by atoms with Crippen molar-refractivity contribution in [2.45, 2.75) is 32.9 Å². The van der Waals surface area contributed by atoms with Crippen LogP contribution in [0.3, 0.4) is 0 Å². The van der Waals surface area contributed by atoms with E-state index in [1.807, 2.05) is 55.5 Å². The molecule has 0 fully saturated rings. The van der Waals surface area contributed by atoms with E-state index < -0.39 is 6.04 Å². The molecule has 0 aliphatic rings. The molecule has 27 heavy (non-hydrogen) atoms. The number of benzene rings is 2. The number of likely N-dealkylation sites (N-methyl/N-ethyl adjacent to an activating group) is 1. The second kappa shape index (κ2) is 10.1. The van der Waals surface area contributed by atoms with Crippen molar-refractivity contribution >= 4 is 27.7 Å². The summed E-state index contributed by atoms with van der Waals surface area (Å²) in [6.45, 7) is 4.53. The number of hydrogen-bond donors (Lipinski definition) is 1. The summed E-state index contributed by atoms with van der Waals surface area (Å²) < 4.78 is 6.13. The molecule has 1 atom stereocenters. The summed E-state index contributed by atoms with van der Waals surface area (Å²) in [4.78, 5) is 27.0. The third-order valence-electron chi connectivity index (χ3n) is 4.30. The molecule has 0 spiro atoms. The fourth-order valence-electron chi connectivity index (χ4n) is 2.71. The number of halogens is 1. The summed E-state index contributed by atoms with van der Waals surface area (Å²) in [7, 11) is 1.61. The first kappa shape index (κ1) is 21.0. The van der Waals surface area contributed by atoms with E-state index in [9.17, 15) is 9.59 Å². The molecule has 0 unspecified atom stereocenters. The van der Waals surface area contributed by atoms with Crippen molar-refractivity contribution in [2.24, 2.45) is 0 Å². The van der Waals surface area contributed by atoms with Gasteiger partial charge in [0.2, 0.25) is 11.8 Å². The molecule has 6 heteroatoms. The van der Waals surface area contributed by atoms with Gasteiger partial charge < -0.3 is 15.0 Å². The van der Waals surface area contributed by atoms with Crippen molar-refractivity contribution in [1.29, 1.82) is 0 Å². The van der Waals surface area contributed by atoms with E-state index in [1.54, 1.807) is 18.9 Å². The highest BCUT2D eigenvalue weighted by Gasteiger charge is 2.25. The number of carbonyl (C=O) groups excluding carboxylic acids is 2. The maximum atomic E-state index is 13.0. The number of nitrogens with one attached hydrogen (secondary N) is 1. The van der Waals surface area contributed by atoms with E-state index in [2.05, 4.69) is 21.2 Å². The molecule has 0 saturated heterocycles. The average molecular weight is 433 g/mol. The molecule has 0 radical (unpaired) electrons. The zero-order chi connectivity index (χ0) is 19.8. The average Bonchev–Trinajstić information content (AvgIpc) is 2.67. The van der Waals surface area contributed by atoms with Crippen LogP contribution in [0.1, 0.15) is 25.0 Å². The van der Waals surface area contributed by atoms with Crippen molar-refractivity contribution in [2.75, 3.05) is 13.7 Å². The van der Waals surface area contributed by atoms with Gasteiger partial charge in [-0.1, -0.05) is 40.2 Å². The molecule has 144 valence electrons. The van der Waals surface area contributed by atoms with Crippen LogP contribution >= 0.6 is 15.9 Å². The van der Waals surface area contributed by atoms with E-state index in [4.69, 9.17) is 4.74 Å². The predicted molar refractivity (Wildman–Crippen MR) is 110 cm³/mol. The van der Waals surface area contributed by atoms with Gasteiger partial charge in [-0.3, -0.25) is 9.59 Å². The van der Waals surface area contributed by atoms with Crippen LogP contribution in [0.4, 0.5) is 0 Å². The fourth-order valence-corrected chi connectivity index (χ4v) is 2.97. The largest absolute Gasteiger partial charge is 0.497 e. The summed E-state index contributed by atoms with van der Waals surface area (Å²) in [5.41, 5.74) is 1.85. The van der Waals surface area contributed by atoms with Crippen molar-refractivity contribution in [3.05, 3.63) is 64.1 Å². The maximum Gasteiger partial charge on any atom is 0.242 e. The molecule has 5 nitrogen and oxygen atoms in total. The number of hydrogen-bond acceptors (Lipinski definition) is 3. The predicted octanol–water partition coefficient (Wildman–Crippen LogP) is 3.55. The molecule has 0 heterocycles. The molecule has 1 N–H and O–H groups in total. The van der Waals surface area contributed by atoms with E-state index in [-0.39, 0.29) is 18.2 Å². The molecule has 0 saturated carbocycles. The first-order chi connectivity index (χ1) is 12.9. The lowest BCUT2D eigenvalue weighted by Gasteiger charge is -2.29. The molecule has 0 aromatic heterocycles. The summed E-state index contributed by atoms with van der Waals surface area (Å²) >= 11 is 3.41. The van der Waals surface area contributed by atoms with Crippen molar-refractivity contribution < 1.29 is 14.3 Å². The first-order valence-electron chi connectivity index (χ1n) is 8.89. The fraction of sp³-hybridized carbons (Fsp3) is 0.333. The monoisotopic (exact) mass is 432 g/mol. The van der Waals surface area contributed by atoms with E-state index in [1.165, 1.54) is 0 Å². The minimum Gasteiger partial charge on any atom is -0.497 e. The Morgan fingerprint density at radius 3 is 2.22 bits per heavy atom. The quantitative estimate of drug-likeness (QED) is 0.693. The van der Waals surface area contributed by atoms with Crippen LogP contribution in [-0.4, -0.2) is 36.4 Å². The minimum absolute atomic E-state index is 0.0955. The van der Waals surface area contributed by atoms with Gasteiger partial charge in [-0.05, 0) is 49.2 Å². The second-order valence-corrected chi connectivity index (χ2v) is 7.16. The van der Waals surface area contributed by atoms with Gasteiger partial charge in [0.05, 0.1) is 13.5 Å². The smallest absolute Gasteiger partial charge is 0.242 e. The lowest BCUT2D eigenvalue weighted by atomic mass is 10.1. The first-order valence-corrected chi connectivity index (χ1v) is 9.68. The highest BCUT2D eigenvalue weighted by atomic mass is 79.9. The van der Waals surface area contributed by atoms with Gasteiger partial charge in [0.1, 0.15) is 11.8 Å². The van der Waals surface area contributed by atoms with Gasteiger partial charge in [-0.15, -0.1) is 0 Å². The number of nitrogens with zero attached hydrogens (tertiary/aromatic N) is 1. The number of methoxy groups -OCH3 is 1. The van der Waals surface area contributed by atoms with Crippen LogP contribution in [0.5, 0.6) is 5.75 Å². The Labute approximate surface area is 168 Å². The SMILES string of the molecule is CCNC(=O)[C@@H](C)N(Cc1ccc(Br)cc1)C(=O)Cc1ccc(OC)cc1. The molecule has 2 amide bonds. The van der Waals surface area contributed by atoms with Crippen LogP contribution in [0.25, 0.3) is 0 Å². The zero-order valence-electron chi connectivity index (χ0n) is 15.9. The highest BCUT2D eigenvalue weighted by molar-refractivity contribution is 9.10. The molecule has 2 aromatic carbocycles. The molecule has 2 rings (SSSR count). The molecular formula is C21H25BrN2O3. The second-order valence-electron chi connectivity index (χ2n) is 6.24. The highest BCUT2D eigenvalue weighted by Crippen LogP contribution is 2.17. The van der Waals surface area contributed by atoms with Crippen LogP contribution < -0.4 is 10.1 Å². The zero-order valence-corrected chi connectivity index (χ0v) is 17.5. The Morgan fingerprint density at radius 2 is 1.67 bits per heavy atom. The van der Waals surface area contributed by atoms with Gasteiger partial charge in [0, 0.05) is 17.6 Å². The lowest BCUT2D eigenvalue weighted by molar-refractivity contribution is -0.140. The van der Waals surface area contributed by atoms with Crippen LogP contribution in [0.15, 0.2) is 53.0 Å². The summed E-state index contributed by atoms with van der Waals surface area (Å²) in [6, 6.07) is 14.6. The molecule has 0 aliphatic carbocycles. The Balaban J connectivity index is 2.19. The minimum atomic E-state index is -0.556. The Morgan fingerprint density at radius 1 is 1.07 bits per heavy atom. The van der Waals surface area contributed by atoms with Crippen molar-refractivity contribution in [1.82, 2.24) is 10.2 Å². The number of ether oxygens (including phenoxy) is 1. The third-order valence-corrected chi connectivity index (χ3v) is 4.83. The number of rotatable bonds is 8. The number of carbonyl (C=O) groups is 2. The number of amides is 2. The van der Waals surface area contributed by atoms with Gasteiger partial charge in [-0.25, -0.2) is 0 Å². The van der Waals surface area contributed by atoms with Crippen LogP contribution in [-0.2, 0) is 22.6 Å². The van der Waals surface area contributed by atoms with Gasteiger partial charge >= 0.3 is 0 Å². The van der Waals surface area contributed by atoms with Gasteiger partial charge in [0.25, 0.3) is 0 Å². The molecule has 2 aromatic rings. The van der Waals surface area contributed by atoms with Crippen molar-refractivity contribution in [3.8, 4) is 5.75 Å². The van der Waals surface area contributed by atoms with Gasteiger partial charge in [0.15, 0.2) is 0 Å². The normalized spacial score (nSPS) is 11.6. The maximum absolute atomic E-state index is 13.0. The van der Waals surface area contributed by atoms with E-state index in [0.29, 0.717) is 13.1 Å². The Hall–Kier alpha value is -2.34. The summed E-state index contributed by atoms with van der Waals surface area (Å²) in [6.07, 6.45) is 0.226. The topological polar surface area (TPSA) is 58.6 Å². The lowest BCUT2D eigenvalue weighted by Crippen LogP contribution is -2.48. The Kier molecular flexibility index (Phi) is 7.85. The van der Waals surface area contributed by atoms with E-state index >= 15 is 0 Å². The van der Waals surface area contributed by atoms with E-state index in [0.717, 1.165) is 21.3 Å². The van der Waals surface area contributed by atoms with Crippen molar-refractivity contribution in [3.63, 3.8) is 0 Å². The van der Waals surface area contributed by atoms with Gasteiger partial charge in [-0.2, -0.15) is 0 Å². The van der Waals surface area contributed by atoms with Crippen LogP contribution in [0, 0.1) is 0 Å². The summed E-state index contributed by atoms with van der Waals surface area (Å²) in [5, 5.41) is 2.80. The molecular weight excluding hydrogens is 408 g/mol.